The van der Waals surface area contributed by atoms with Gasteiger partial charge in [0.25, 0.3) is 0 Å². The van der Waals surface area contributed by atoms with Crippen LogP contribution in [0.1, 0.15) is 24.0 Å². The number of hydrogen-bond donors (Lipinski definition) is 1. The Morgan fingerprint density at radius 3 is 2.64 bits per heavy atom. The lowest BCUT2D eigenvalue weighted by molar-refractivity contribution is -0.122. The van der Waals surface area contributed by atoms with Crippen LogP contribution in [0.25, 0.3) is 10.9 Å². The lowest BCUT2D eigenvalue weighted by Gasteiger charge is -2.07. The fourth-order valence-corrected chi connectivity index (χ4v) is 3.68. The Kier molecular flexibility index (Phi) is 4.62. The van der Waals surface area contributed by atoms with Crippen molar-refractivity contribution in [3.8, 4) is 0 Å². The van der Waals surface area contributed by atoms with E-state index in [1.807, 2.05) is 6.07 Å². The van der Waals surface area contributed by atoms with Crippen LogP contribution in [0.5, 0.6) is 0 Å². The van der Waals surface area contributed by atoms with Crippen LogP contribution < -0.4 is 5.32 Å². The molecule has 1 aromatic heterocycles. The Morgan fingerprint density at radius 1 is 1.08 bits per heavy atom. The van der Waals surface area contributed by atoms with Crippen molar-refractivity contribution in [2.24, 2.45) is 5.92 Å². The molecular weight excluding hydrogens is 376 g/mol. The van der Waals surface area contributed by atoms with Crippen molar-refractivity contribution in [3.05, 3.63) is 70.3 Å². The highest BCUT2D eigenvalue weighted by Gasteiger charge is 2.29. The summed E-state index contributed by atoms with van der Waals surface area (Å²) in [6.45, 7) is 1.54. The number of hydrogen-bond acceptors (Lipinski definition) is 1. The van der Waals surface area contributed by atoms with Crippen molar-refractivity contribution in [3.63, 3.8) is 0 Å². The first-order valence-corrected chi connectivity index (χ1v) is 9.59. The van der Waals surface area contributed by atoms with Gasteiger partial charge < -0.3 is 9.88 Å². The first-order valence-electron chi connectivity index (χ1n) is 8.80. The fraction of sp³-hybridized carbons (Fsp3) is 0.286. The van der Waals surface area contributed by atoms with E-state index in [1.165, 1.54) is 22.0 Å². The van der Waals surface area contributed by atoms with Crippen LogP contribution in [0.2, 0.25) is 0 Å². The summed E-state index contributed by atoms with van der Waals surface area (Å²) in [7, 11) is 0. The Morgan fingerprint density at radius 2 is 1.84 bits per heavy atom. The Hall–Kier alpha value is -2.07. The molecular formula is C21H21BrN2O. The molecule has 1 aliphatic carbocycles. The SMILES string of the molecule is O=C(NCCc1cn(Cc2ccccc2Br)c2ccccc12)C1CC1. The number of halogens is 1. The second-order valence-electron chi connectivity index (χ2n) is 6.71. The minimum Gasteiger partial charge on any atom is -0.356 e. The van der Waals surface area contributed by atoms with Gasteiger partial charge in [-0.1, -0.05) is 52.3 Å². The third-order valence-electron chi connectivity index (χ3n) is 4.81. The monoisotopic (exact) mass is 396 g/mol. The van der Waals surface area contributed by atoms with Gasteiger partial charge in [0.1, 0.15) is 0 Å². The highest BCUT2D eigenvalue weighted by Crippen LogP contribution is 2.29. The number of fused-ring (bicyclic) bond motifs is 1. The average Bonchev–Trinajstić information content (AvgIpc) is 3.42. The zero-order valence-corrected chi connectivity index (χ0v) is 15.6. The second kappa shape index (κ2) is 7.04. The van der Waals surface area contributed by atoms with Crippen molar-refractivity contribution in [2.45, 2.75) is 25.8 Å². The molecule has 0 radical (unpaired) electrons. The van der Waals surface area contributed by atoms with Gasteiger partial charge in [0, 0.05) is 40.6 Å². The van der Waals surface area contributed by atoms with Crippen LogP contribution in [-0.2, 0) is 17.8 Å². The molecule has 0 atom stereocenters. The summed E-state index contributed by atoms with van der Waals surface area (Å²) in [5, 5.41) is 4.34. The number of rotatable bonds is 6. The molecule has 1 amide bonds. The lowest BCUT2D eigenvalue weighted by Crippen LogP contribution is -2.26. The molecule has 0 saturated heterocycles. The Labute approximate surface area is 156 Å². The number of nitrogens with zero attached hydrogens (tertiary/aromatic N) is 1. The highest BCUT2D eigenvalue weighted by molar-refractivity contribution is 9.10. The van der Waals surface area contributed by atoms with E-state index < -0.39 is 0 Å². The molecule has 128 valence electrons. The molecule has 1 heterocycles. The zero-order chi connectivity index (χ0) is 17.2. The van der Waals surface area contributed by atoms with E-state index in [9.17, 15) is 4.79 Å². The van der Waals surface area contributed by atoms with Gasteiger partial charge in [0.05, 0.1) is 0 Å². The zero-order valence-electron chi connectivity index (χ0n) is 14.0. The molecule has 0 aliphatic heterocycles. The smallest absolute Gasteiger partial charge is 0.223 e. The quantitative estimate of drug-likeness (QED) is 0.652. The molecule has 1 aliphatic rings. The van der Waals surface area contributed by atoms with E-state index in [-0.39, 0.29) is 11.8 Å². The van der Waals surface area contributed by atoms with E-state index in [4.69, 9.17) is 0 Å². The summed E-state index contributed by atoms with van der Waals surface area (Å²) in [6.07, 6.45) is 5.20. The molecule has 1 fully saturated rings. The van der Waals surface area contributed by atoms with E-state index in [0.717, 1.165) is 30.3 Å². The number of carbonyl (C=O) groups is 1. The summed E-state index contributed by atoms with van der Waals surface area (Å²) >= 11 is 3.64. The van der Waals surface area contributed by atoms with Crippen LogP contribution >= 0.6 is 15.9 Å². The van der Waals surface area contributed by atoms with E-state index in [1.54, 1.807) is 0 Å². The van der Waals surface area contributed by atoms with Crippen LogP contribution in [0.3, 0.4) is 0 Å². The van der Waals surface area contributed by atoms with Crippen molar-refractivity contribution in [2.75, 3.05) is 6.54 Å². The van der Waals surface area contributed by atoms with Gasteiger partial charge in [-0.05, 0) is 42.5 Å². The summed E-state index contributed by atoms with van der Waals surface area (Å²) in [5.74, 6) is 0.494. The number of para-hydroxylation sites is 1. The minimum absolute atomic E-state index is 0.219. The summed E-state index contributed by atoms with van der Waals surface area (Å²) in [5.41, 5.74) is 3.79. The molecule has 1 N–H and O–H groups in total. The summed E-state index contributed by atoms with van der Waals surface area (Å²) in [4.78, 5) is 11.8. The normalized spacial score (nSPS) is 14.0. The van der Waals surface area contributed by atoms with Gasteiger partial charge in [-0.25, -0.2) is 0 Å². The van der Waals surface area contributed by atoms with Gasteiger partial charge >= 0.3 is 0 Å². The molecule has 1 saturated carbocycles. The molecule has 3 nitrogen and oxygen atoms in total. The van der Waals surface area contributed by atoms with E-state index in [2.05, 4.69) is 74.5 Å². The van der Waals surface area contributed by atoms with Crippen LogP contribution in [-0.4, -0.2) is 17.0 Å². The Bertz CT molecular complexity index is 911. The minimum atomic E-state index is 0.219. The first-order chi connectivity index (χ1) is 12.2. The maximum atomic E-state index is 11.8. The first kappa shape index (κ1) is 16.4. The van der Waals surface area contributed by atoms with Crippen molar-refractivity contribution >= 4 is 32.7 Å². The van der Waals surface area contributed by atoms with Gasteiger partial charge in [-0.3, -0.25) is 4.79 Å². The van der Waals surface area contributed by atoms with Crippen LogP contribution in [0, 0.1) is 5.92 Å². The molecule has 0 bridgehead atoms. The second-order valence-corrected chi connectivity index (χ2v) is 7.56. The predicted octanol–water partition coefficient (Wildman–Crippen LogP) is 4.52. The van der Waals surface area contributed by atoms with Gasteiger partial charge in [-0.15, -0.1) is 0 Å². The largest absolute Gasteiger partial charge is 0.356 e. The van der Waals surface area contributed by atoms with E-state index >= 15 is 0 Å². The van der Waals surface area contributed by atoms with E-state index in [0.29, 0.717) is 6.54 Å². The summed E-state index contributed by atoms with van der Waals surface area (Å²) in [6, 6.07) is 16.8. The number of amides is 1. The molecule has 25 heavy (non-hydrogen) atoms. The van der Waals surface area contributed by atoms with Crippen molar-refractivity contribution in [1.82, 2.24) is 9.88 Å². The topological polar surface area (TPSA) is 34.0 Å². The van der Waals surface area contributed by atoms with Gasteiger partial charge in [-0.2, -0.15) is 0 Å². The number of nitrogens with one attached hydrogen (secondary N) is 1. The number of carbonyl (C=O) groups excluding carboxylic acids is 1. The average molecular weight is 397 g/mol. The molecule has 3 aromatic rings. The summed E-state index contributed by atoms with van der Waals surface area (Å²) < 4.78 is 3.43. The van der Waals surface area contributed by atoms with Gasteiger partial charge in [0.2, 0.25) is 5.91 Å². The standard InChI is InChI=1S/C21H21BrN2O/c22-19-7-3-1-5-17(19)14-24-13-16(18-6-2-4-8-20(18)24)11-12-23-21(25)15-9-10-15/h1-8,13,15H,9-12,14H2,(H,23,25). The number of benzene rings is 2. The maximum Gasteiger partial charge on any atom is 0.223 e. The fourth-order valence-electron chi connectivity index (χ4n) is 3.27. The molecule has 0 unspecified atom stereocenters. The maximum absolute atomic E-state index is 11.8. The van der Waals surface area contributed by atoms with Crippen molar-refractivity contribution in [1.29, 1.82) is 0 Å². The highest BCUT2D eigenvalue weighted by atomic mass is 79.9. The lowest BCUT2D eigenvalue weighted by atomic mass is 10.1. The third-order valence-corrected chi connectivity index (χ3v) is 5.58. The van der Waals surface area contributed by atoms with Crippen molar-refractivity contribution < 1.29 is 4.79 Å². The predicted molar refractivity (Wildman–Crippen MR) is 105 cm³/mol. The molecule has 2 aromatic carbocycles. The Balaban J connectivity index is 1.55. The third kappa shape index (κ3) is 3.64. The molecule has 4 heteroatoms. The van der Waals surface area contributed by atoms with Crippen LogP contribution in [0.4, 0.5) is 0 Å². The molecule has 4 rings (SSSR count). The van der Waals surface area contributed by atoms with Crippen LogP contribution in [0.15, 0.2) is 59.2 Å². The number of aromatic nitrogens is 1. The van der Waals surface area contributed by atoms with Gasteiger partial charge in [0.15, 0.2) is 0 Å². The molecule has 0 spiro atoms.